The maximum atomic E-state index is 4.96. The zero-order valence-corrected chi connectivity index (χ0v) is 6.33. The Hall–Kier alpha value is 0.831. The zero-order valence-electron chi connectivity index (χ0n) is 3.79. The summed E-state index contributed by atoms with van der Waals surface area (Å²) >= 11 is 0. The molecule has 0 unspecified atom stereocenters. The Bertz CT molecular complexity index is 16.3. The predicted octanol–water partition coefficient (Wildman–Crippen LogP) is -0.171. The summed E-state index contributed by atoms with van der Waals surface area (Å²) in [5.41, 5.74) is 0. The molecule has 6 heavy (non-hydrogen) atoms. The summed E-state index contributed by atoms with van der Waals surface area (Å²) < 4.78 is 0. The minimum atomic E-state index is 0. The molecule has 0 saturated carbocycles. The minimum absolute atomic E-state index is 0. The fourth-order valence-electron chi connectivity index (χ4n) is 0.136. The molecule has 30 valence electrons. The van der Waals surface area contributed by atoms with Gasteiger partial charge in [0.1, 0.15) is 0 Å². The van der Waals surface area contributed by atoms with Gasteiger partial charge in [-0.15, -0.1) is 0 Å². The van der Waals surface area contributed by atoms with Crippen molar-refractivity contribution in [2.75, 3.05) is 0 Å². The van der Waals surface area contributed by atoms with Crippen molar-refractivity contribution in [1.29, 1.82) is 0 Å². The van der Waals surface area contributed by atoms with E-state index in [1.807, 2.05) is 14.1 Å². The van der Waals surface area contributed by atoms with Crippen LogP contribution in [-0.2, 0) is 19.8 Å². The number of rotatable bonds is 2. The molecule has 0 fully saturated rings. The molecule has 0 spiro atoms. The predicted molar refractivity (Wildman–Crippen MR) is 27.7 cm³/mol. The van der Waals surface area contributed by atoms with Crippen molar-refractivity contribution in [1.82, 2.24) is 0 Å². The summed E-state index contributed by atoms with van der Waals surface area (Å²) in [7, 11) is 8.42. The third kappa shape index (κ3) is 8.85. The maximum Gasteiger partial charge on any atom is 0.0541 e. The summed E-state index contributed by atoms with van der Waals surface area (Å²) in [4.78, 5) is 0. The van der Waals surface area contributed by atoms with Gasteiger partial charge in [-0.05, 0) is 0 Å². The SMILES string of the molecule is [B][B][B]CC.[Os]. The first-order valence-electron chi connectivity index (χ1n) is 1.78. The average Bonchev–Trinajstić information content (AvgIpc) is 1.41. The van der Waals surface area contributed by atoms with Crippen LogP contribution in [0.2, 0.25) is 6.32 Å². The molecule has 4 heteroatoms. The number of hydrogen-bond acceptors (Lipinski definition) is 0. The molecule has 0 bridgehead atoms. The monoisotopic (exact) mass is 254 g/mol. The summed E-state index contributed by atoms with van der Waals surface area (Å²) in [6.07, 6.45) is 1.04. The van der Waals surface area contributed by atoms with Gasteiger partial charge < -0.3 is 0 Å². The molecule has 0 rings (SSSR count). The first-order valence-corrected chi connectivity index (χ1v) is 1.78. The van der Waals surface area contributed by atoms with E-state index in [9.17, 15) is 0 Å². The van der Waals surface area contributed by atoms with Gasteiger partial charge in [0.25, 0.3) is 0 Å². The van der Waals surface area contributed by atoms with E-state index in [1.54, 1.807) is 7.06 Å². The molecule has 0 N–H and O–H groups in total. The molecule has 0 aliphatic rings. The molecular formula is C2H5B3Os. The van der Waals surface area contributed by atoms with Crippen molar-refractivity contribution >= 4 is 22.0 Å². The minimum Gasteiger partial charge on any atom is -0.0923 e. The van der Waals surface area contributed by atoms with Crippen LogP contribution in [0.1, 0.15) is 6.92 Å². The van der Waals surface area contributed by atoms with E-state index in [4.69, 9.17) is 7.74 Å². The van der Waals surface area contributed by atoms with Crippen LogP contribution in [0.3, 0.4) is 0 Å². The van der Waals surface area contributed by atoms with Crippen LogP contribution < -0.4 is 0 Å². The fraction of sp³-hybridized carbons (Fsp3) is 1.00. The van der Waals surface area contributed by atoms with Gasteiger partial charge in [-0.1, -0.05) is 13.2 Å². The van der Waals surface area contributed by atoms with E-state index in [0.29, 0.717) is 0 Å². The fourth-order valence-corrected chi connectivity index (χ4v) is 0.136. The molecule has 4 radical (unpaired) electrons. The first-order chi connectivity index (χ1) is 2.41. The van der Waals surface area contributed by atoms with E-state index < -0.39 is 0 Å². The molecule has 0 heterocycles. The van der Waals surface area contributed by atoms with Gasteiger partial charge in [0.05, 0.1) is 7.17 Å². The zero-order chi connectivity index (χ0) is 4.12. The second kappa shape index (κ2) is 9.27. The summed E-state index contributed by atoms with van der Waals surface area (Å²) in [5.74, 6) is 0. The second-order valence-corrected chi connectivity index (χ2v) is 0.836. The smallest absolute Gasteiger partial charge is 0.0541 e. The first kappa shape index (κ1) is 9.95. The molecule has 0 saturated heterocycles. The van der Waals surface area contributed by atoms with Gasteiger partial charge in [-0.2, -0.15) is 0 Å². The summed E-state index contributed by atoms with van der Waals surface area (Å²) in [5, 5.41) is 0. The molecule has 0 nitrogen and oxygen atoms in total. The standard InChI is InChI=1S/C2H5B3.Os/c1-2-4-5-3;/h2H2,1H3;. The molecule has 0 aromatic heterocycles. The summed E-state index contributed by atoms with van der Waals surface area (Å²) in [6, 6.07) is 0. The topological polar surface area (TPSA) is 0 Å². The Labute approximate surface area is 55.4 Å². The van der Waals surface area contributed by atoms with Crippen LogP contribution in [0.25, 0.3) is 0 Å². The Morgan fingerprint density at radius 3 is 2.17 bits per heavy atom. The van der Waals surface area contributed by atoms with Crippen LogP contribution in [0.4, 0.5) is 0 Å². The Kier molecular flexibility index (Phi) is 15.4. The molecule has 0 aliphatic carbocycles. The van der Waals surface area contributed by atoms with Gasteiger partial charge in [0.2, 0.25) is 0 Å². The normalized spacial score (nSPS) is 5.50. The van der Waals surface area contributed by atoms with Gasteiger partial charge >= 0.3 is 0 Å². The third-order valence-electron chi connectivity index (χ3n) is 0.372. The van der Waals surface area contributed by atoms with Crippen LogP contribution in [-0.4, -0.2) is 22.0 Å². The Balaban J connectivity index is 0. The van der Waals surface area contributed by atoms with Gasteiger partial charge in [0, 0.05) is 34.6 Å². The van der Waals surface area contributed by atoms with E-state index in [-0.39, 0.29) is 19.8 Å². The van der Waals surface area contributed by atoms with Crippen molar-refractivity contribution < 1.29 is 19.8 Å². The molecule has 0 aromatic rings. The molecular weight excluding hydrogens is 247 g/mol. The largest absolute Gasteiger partial charge is 0.0923 e. The van der Waals surface area contributed by atoms with Crippen molar-refractivity contribution in [3.63, 3.8) is 0 Å². The molecule has 0 atom stereocenters. The van der Waals surface area contributed by atoms with Crippen molar-refractivity contribution in [2.45, 2.75) is 13.2 Å². The van der Waals surface area contributed by atoms with Crippen LogP contribution in [0, 0.1) is 0 Å². The van der Waals surface area contributed by atoms with Crippen molar-refractivity contribution in [3.05, 3.63) is 0 Å². The Morgan fingerprint density at radius 2 is 2.17 bits per heavy atom. The van der Waals surface area contributed by atoms with E-state index in [0.717, 1.165) is 6.32 Å². The quantitative estimate of drug-likeness (QED) is 0.598. The van der Waals surface area contributed by atoms with E-state index in [2.05, 4.69) is 0 Å². The van der Waals surface area contributed by atoms with Crippen LogP contribution in [0.15, 0.2) is 0 Å². The molecule has 0 aromatic carbocycles. The van der Waals surface area contributed by atoms with Crippen molar-refractivity contribution in [2.24, 2.45) is 0 Å². The van der Waals surface area contributed by atoms with Crippen molar-refractivity contribution in [3.8, 4) is 0 Å². The van der Waals surface area contributed by atoms with Crippen LogP contribution >= 0.6 is 0 Å². The van der Waals surface area contributed by atoms with Crippen LogP contribution in [0.5, 0.6) is 0 Å². The van der Waals surface area contributed by atoms with E-state index >= 15 is 0 Å². The third-order valence-corrected chi connectivity index (χ3v) is 0.372. The molecule has 0 aliphatic heterocycles. The van der Waals surface area contributed by atoms with Gasteiger partial charge in [-0.3, -0.25) is 0 Å². The number of hydrogen-bond donors (Lipinski definition) is 0. The van der Waals surface area contributed by atoms with Gasteiger partial charge in [0.15, 0.2) is 0 Å². The summed E-state index contributed by atoms with van der Waals surface area (Å²) in [6.45, 7) is 2.04. The van der Waals surface area contributed by atoms with E-state index in [1.165, 1.54) is 0 Å². The maximum absolute atomic E-state index is 4.96. The average molecular weight is 252 g/mol. The second-order valence-electron chi connectivity index (χ2n) is 0.836. The Morgan fingerprint density at radius 1 is 1.67 bits per heavy atom. The molecule has 0 amide bonds. The van der Waals surface area contributed by atoms with Gasteiger partial charge in [-0.25, -0.2) is 0 Å².